The van der Waals surface area contributed by atoms with Crippen LogP contribution in [-0.4, -0.2) is 17.6 Å². The van der Waals surface area contributed by atoms with Crippen molar-refractivity contribution < 1.29 is 0 Å². The maximum Gasteiger partial charge on any atom is 0.133 e. The van der Waals surface area contributed by atoms with Gasteiger partial charge in [0.15, 0.2) is 0 Å². The third-order valence-corrected chi connectivity index (χ3v) is 4.00. The van der Waals surface area contributed by atoms with E-state index in [1.807, 2.05) is 0 Å². The fourth-order valence-electron chi connectivity index (χ4n) is 2.33. The minimum atomic E-state index is 0.502. The lowest BCUT2D eigenvalue weighted by Gasteiger charge is -2.32. The minimum Gasteiger partial charge on any atom is -0.354 e. The number of aromatic nitrogens is 1. The van der Waals surface area contributed by atoms with Gasteiger partial charge in [-0.3, -0.25) is 0 Å². The van der Waals surface area contributed by atoms with Gasteiger partial charge in [0.1, 0.15) is 5.82 Å². The van der Waals surface area contributed by atoms with E-state index in [1.54, 1.807) is 0 Å². The lowest BCUT2D eigenvalue weighted by Crippen LogP contribution is -2.35. The molecule has 1 atom stereocenters. The average Bonchev–Trinajstić information content (AvgIpc) is 2.38. The largest absolute Gasteiger partial charge is 0.354 e. The van der Waals surface area contributed by atoms with Gasteiger partial charge in [0.05, 0.1) is 5.88 Å². The van der Waals surface area contributed by atoms with Crippen LogP contribution in [0, 0.1) is 13.8 Å². The molecule has 1 unspecified atom stereocenters. The van der Waals surface area contributed by atoms with Crippen LogP contribution in [0.25, 0.3) is 0 Å². The van der Waals surface area contributed by atoms with Crippen LogP contribution in [0.4, 0.5) is 5.82 Å². The van der Waals surface area contributed by atoms with Crippen LogP contribution in [0.15, 0.2) is 6.07 Å². The Morgan fingerprint density at radius 1 is 1.32 bits per heavy atom. The van der Waals surface area contributed by atoms with Crippen molar-refractivity contribution in [3.63, 3.8) is 0 Å². The highest BCUT2D eigenvalue weighted by molar-refractivity contribution is 6.17. The molecule has 1 rings (SSSR count). The molecule has 0 aliphatic carbocycles. The van der Waals surface area contributed by atoms with E-state index in [9.17, 15) is 0 Å². The molecule has 0 aromatic carbocycles. The highest BCUT2D eigenvalue weighted by Crippen LogP contribution is 2.27. The summed E-state index contributed by atoms with van der Waals surface area (Å²) < 4.78 is 0. The molecule has 0 saturated carbocycles. The van der Waals surface area contributed by atoms with Crippen LogP contribution < -0.4 is 4.90 Å². The van der Waals surface area contributed by atoms with Crippen molar-refractivity contribution in [2.75, 3.05) is 11.4 Å². The number of alkyl halides is 1. The molecule has 1 aromatic rings. The summed E-state index contributed by atoms with van der Waals surface area (Å²) in [4.78, 5) is 7.20. The maximum atomic E-state index is 6.15. The summed E-state index contributed by atoms with van der Waals surface area (Å²) in [6, 6.07) is 2.62. The summed E-state index contributed by atoms with van der Waals surface area (Å²) >= 11 is 6.15. The Morgan fingerprint density at radius 3 is 2.53 bits per heavy atom. The zero-order valence-corrected chi connectivity index (χ0v) is 13.7. The zero-order valence-electron chi connectivity index (χ0n) is 13.0. The molecule has 19 heavy (non-hydrogen) atoms. The van der Waals surface area contributed by atoms with Crippen LogP contribution in [0.5, 0.6) is 0 Å². The van der Waals surface area contributed by atoms with E-state index in [2.05, 4.69) is 45.6 Å². The highest BCUT2D eigenvalue weighted by Gasteiger charge is 2.18. The van der Waals surface area contributed by atoms with Crippen LogP contribution >= 0.6 is 11.6 Å². The van der Waals surface area contributed by atoms with Crippen LogP contribution in [-0.2, 0) is 5.88 Å². The van der Waals surface area contributed by atoms with Gasteiger partial charge >= 0.3 is 0 Å². The summed E-state index contributed by atoms with van der Waals surface area (Å²) in [6.45, 7) is 12.0. The summed E-state index contributed by atoms with van der Waals surface area (Å²) in [7, 11) is 0. The Balaban J connectivity index is 3.19. The number of hydrogen-bond donors (Lipinski definition) is 0. The number of pyridine rings is 1. The van der Waals surface area contributed by atoms with E-state index in [0.717, 1.165) is 24.5 Å². The third-order valence-electron chi connectivity index (χ3n) is 3.73. The van der Waals surface area contributed by atoms with E-state index in [4.69, 9.17) is 16.6 Å². The standard InChI is InChI=1S/C16H27ClN2/c1-6-8-9-19(14(5)7-2)16-15(11-17)12(3)10-13(4)18-16/h10,14H,6-9,11H2,1-5H3. The van der Waals surface area contributed by atoms with Gasteiger partial charge in [-0.2, -0.15) is 0 Å². The predicted octanol–water partition coefficient (Wildman–Crippen LogP) is 4.84. The normalized spacial score (nSPS) is 12.5. The first kappa shape index (κ1) is 16.3. The van der Waals surface area contributed by atoms with Crippen LogP contribution in [0.3, 0.4) is 0 Å². The second-order valence-corrected chi connectivity index (χ2v) is 5.59. The molecule has 0 aliphatic rings. The molecule has 108 valence electrons. The first-order valence-corrected chi connectivity index (χ1v) is 7.88. The maximum absolute atomic E-state index is 6.15. The van der Waals surface area contributed by atoms with Gasteiger partial charge in [-0.25, -0.2) is 4.98 Å². The Hall–Kier alpha value is -0.760. The van der Waals surface area contributed by atoms with Crippen molar-refractivity contribution in [3.05, 3.63) is 22.9 Å². The molecule has 3 heteroatoms. The number of hydrogen-bond acceptors (Lipinski definition) is 2. The van der Waals surface area contributed by atoms with Crippen LogP contribution in [0.1, 0.15) is 56.9 Å². The van der Waals surface area contributed by atoms with Crippen LogP contribution in [0.2, 0.25) is 0 Å². The monoisotopic (exact) mass is 282 g/mol. The fourth-order valence-corrected chi connectivity index (χ4v) is 2.66. The first-order valence-electron chi connectivity index (χ1n) is 7.34. The molecule has 0 aliphatic heterocycles. The molecule has 0 N–H and O–H groups in total. The van der Waals surface area contributed by atoms with Crippen molar-refractivity contribution in [1.29, 1.82) is 0 Å². The van der Waals surface area contributed by atoms with Gasteiger partial charge in [-0.1, -0.05) is 20.3 Å². The van der Waals surface area contributed by atoms with Gasteiger partial charge in [-0.05, 0) is 45.2 Å². The van der Waals surface area contributed by atoms with Crippen molar-refractivity contribution in [2.24, 2.45) is 0 Å². The van der Waals surface area contributed by atoms with Crippen molar-refractivity contribution in [2.45, 2.75) is 65.8 Å². The molecule has 1 heterocycles. The third kappa shape index (κ3) is 4.10. The molecular formula is C16H27ClN2. The van der Waals surface area contributed by atoms with E-state index >= 15 is 0 Å². The molecule has 0 amide bonds. The predicted molar refractivity (Wildman–Crippen MR) is 85.3 cm³/mol. The Bertz CT molecular complexity index is 404. The molecule has 2 nitrogen and oxygen atoms in total. The van der Waals surface area contributed by atoms with E-state index < -0.39 is 0 Å². The molecule has 0 radical (unpaired) electrons. The molecule has 0 bridgehead atoms. The topological polar surface area (TPSA) is 16.1 Å². The van der Waals surface area contributed by atoms with E-state index in [-0.39, 0.29) is 0 Å². The van der Waals surface area contributed by atoms with E-state index in [1.165, 1.54) is 24.0 Å². The lowest BCUT2D eigenvalue weighted by atomic mass is 10.1. The van der Waals surface area contributed by atoms with E-state index in [0.29, 0.717) is 11.9 Å². The molecular weight excluding hydrogens is 256 g/mol. The fraction of sp³-hybridized carbons (Fsp3) is 0.688. The Kier molecular flexibility index (Phi) is 6.64. The first-order chi connectivity index (χ1) is 9.04. The number of nitrogens with zero attached hydrogens (tertiary/aromatic N) is 2. The van der Waals surface area contributed by atoms with Gasteiger partial charge in [-0.15, -0.1) is 11.6 Å². The number of unbranched alkanes of at least 4 members (excludes halogenated alkanes) is 1. The SMILES string of the molecule is CCCCN(c1nc(C)cc(C)c1CCl)C(C)CC. The number of rotatable bonds is 7. The highest BCUT2D eigenvalue weighted by atomic mass is 35.5. The van der Waals surface area contributed by atoms with Gasteiger partial charge in [0.2, 0.25) is 0 Å². The van der Waals surface area contributed by atoms with Crippen molar-refractivity contribution in [1.82, 2.24) is 4.98 Å². The number of halogens is 1. The molecule has 0 saturated heterocycles. The zero-order chi connectivity index (χ0) is 14.4. The van der Waals surface area contributed by atoms with Crippen molar-refractivity contribution >= 4 is 17.4 Å². The average molecular weight is 283 g/mol. The smallest absolute Gasteiger partial charge is 0.133 e. The summed E-state index contributed by atoms with van der Waals surface area (Å²) in [6.07, 6.45) is 3.52. The molecule has 0 spiro atoms. The van der Waals surface area contributed by atoms with Crippen molar-refractivity contribution in [3.8, 4) is 0 Å². The summed E-state index contributed by atoms with van der Waals surface area (Å²) in [5.41, 5.74) is 3.51. The number of anilines is 1. The minimum absolute atomic E-state index is 0.502. The lowest BCUT2D eigenvalue weighted by molar-refractivity contribution is 0.587. The van der Waals surface area contributed by atoms with Gasteiger partial charge in [0.25, 0.3) is 0 Å². The Labute approximate surface area is 123 Å². The summed E-state index contributed by atoms with van der Waals surface area (Å²) in [5, 5.41) is 0. The molecule has 1 aromatic heterocycles. The Morgan fingerprint density at radius 2 is 2.00 bits per heavy atom. The molecule has 0 fully saturated rings. The second kappa shape index (κ2) is 7.74. The number of aryl methyl sites for hydroxylation is 2. The second-order valence-electron chi connectivity index (χ2n) is 5.32. The quantitative estimate of drug-likeness (QED) is 0.665. The summed E-state index contributed by atoms with van der Waals surface area (Å²) in [5.74, 6) is 1.63. The van der Waals surface area contributed by atoms with Gasteiger partial charge in [0, 0.05) is 23.8 Å². The van der Waals surface area contributed by atoms with Gasteiger partial charge < -0.3 is 4.90 Å².